The maximum atomic E-state index is 5.76. The summed E-state index contributed by atoms with van der Waals surface area (Å²) in [6, 6.07) is 6.37. The molecule has 0 saturated heterocycles. The van der Waals surface area contributed by atoms with Crippen molar-refractivity contribution in [1.29, 1.82) is 0 Å². The molecule has 0 radical (unpaired) electrons. The Balaban J connectivity index is 2.24. The number of benzene rings is 1. The third-order valence-electron chi connectivity index (χ3n) is 3.88. The largest absolute Gasteiger partial charge is 0.496 e. The van der Waals surface area contributed by atoms with Gasteiger partial charge in [-0.15, -0.1) is 0 Å². The van der Waals surface area contributed by atoms with Gasteiger partial charge in [0.25, 0.3) is 0 Å². The number of ether oxygens (including phenoxy) is 1. The van der Waals surface area contributed by atoms with E-state index >= 15 is 0 Å². The topological polar surface area (TPSA) is 35.2 Å². The van der Waals surface area contributed by atoms with Crippen LogP contribution >= 0.6 is 0 Å². The lowest BCUT2D eigenvalue weighted by atomic mass is 9.77. The molecule has 0 spiro atoms. The second-order valence-electron chi connectivity index (χ2n) is 4.81. The van der Waals surface area contributed by atoms with Crippen LogP contribution < -0.4 is 10.5 Å². The van der Waals surface area contributed by atoms with Crippen molar-refractivity contribution in [1.82, 2.24) is 0 Å². The van der Waals surface area contributed by atoms with Crippen molar-refractivity contribution >= 4 is 0 Å². The van der Waals surface area contributed by atoms with Gasteiger partial charge in [0.05, 0.1) is 7.11 Å². The summed E-state index contributed by atoms with van der Waals surface area (Å²) in [6.45, 7) is 3.04. The van der Waals surface area contributed by atoms with Gasteiger partial charge >= 0.3 is 0 Å². The van der Waals surface area contributed by atoms with Gasteiger partial charge in [-0.1, -0.05) is 19.1 Å². The highest BCUT2D eigenvalue weighted by Crippen LogP contribution is 2.34. The molecule has 0 saturated carbocycles. The lowest BCUT2D eigenvalue weighted by molar-refractivity contribution is 0.318. The number of aryl methyl sites for hydroxylation is 1. The summed E-state index contributed by atoms with van der Waals surface area (Å²) in [6.07, 6.45) is 3.55. The van der Waals surface area contributed by atoms with Crippen LogP contribution in [0.2, 0.25) is 0 Å². The zero-order valence-corrected chi connectivity index (χ0v) is 10.2. The van der Waals surface area contributed by atoms with E-state index < -0.39 is 0 Å². The fourth-order valence-electron chi connectivity index (χ4n) is 2.65. The van der Waals surface area contributed by atoms with Crippen LogP contribution in [0.3, 0.4) is 0 Å². The zero-order chi connectivity index (χ0) is 11.5. The van der Waals surface area contributed by atoms with Gasteiger partial charge in [-0.05, 0) is 54.8 Å². The molecular weight excluding hydrogens is 198 g/mol. The second-order valence-corrected chi connectivity index (χ2v) is 4.81. The van der Waals surface area contributed by atoms with Gasteiger partial charge < -0.3 is 10.5 Å². The molecule has 16 heavy (non-hydrogen) atoms. The van der Waals surface area contributed by atoms with Gasteiger partial charge in [-0.25, -0.2) is 0 Å². The van der Waals surface area contributed by atoms with Crippen LogP contribution in [0.15, 0.2) is 18.2 Å². The molecule has 1 aliphatic rings. The molecule has 0 aromatic heterocycles. The Labute approximate surface area is 97.8 Å². The number of hydrogen-bond donors (Lipinski definition) is 1. The molecule has 2 unspecified atom stereocenters. The molecule has 1 aromatic carbocycles. The van der Waals surface area contributed by atoms with Gasteiger partial charge in [-0.3, -0.25) is 0 Å². The summed E-state index contributed by atoms with van der Waals surface area (Å²) in [5.74, 6) is 2.37. The summed E-state index contributed by atoms with van der Waals surface area (Å²) >= 11 is 0. The average molecular weight is 219 g/mol. The monoisotopic (exact) mass is 219 g/mol. The summed E-state index contributed by atoms with van der Waals surface area (Å²) in [7, 11) is 1.76. The predicted molar refractivity (Wildman–Crippen MR) is 66.7 cm³/mol. The molecule has 0 heterocycles. The Bertz CT molecular complexity index is 348. The minimum atomic E-state index is 0.609. The minimum absolute atomic E-state index is 0.609. The van der Waals surface area contributed by atoms with Crippen LogP contribution in [0.4, 0.5) is 0 Å². The van der Waals surface area contributed by atoms with Crippen molar-refractivity contribution in [3.63, 3.8) is 0 Å². The third-order valence-corrected chi connectivity index (χ3v) is 3.88. The normalized spacial score (nSPS) is 21.3. The highest BCUT2D eigenvalue weighted by atomic mass is 16.5. The van der Waals surface area contributed by atoms with Gasteiger partial charge in [0, 0.05) is 0 Å². The van der Waals surface area contributed by atoms with Crippen LogP contribution in [0.25, 0.3) is 0 Å². The van der Waals surface area contributed by atoms with E-state index in [1.807, 2.05) is 0 Å². The standard InChI is InChI=1S/C14H21NO/c1-10(9-15)12-7-6-11-4-3-5-14(16-2)13(11)8-12/h3-5,10,12H,6-9,15H2,1-2H3. The number of nitrogens with two attached hydrogens (primary N) is 1. The first-order valence-corrected chi connectivity index (χ1v) is 6.11. The summed E-state index contributed by atoms with van der Waals surface area (Å²) in [5, 5.41) is 0. The van der Waals surface area contributed by atoms with Crippen molar-refractivity contribution in [2.75, 3.05) is 13.7 Å². The van der Waals surface area contributed by atoms with Gasteiger partial charge in [-0.2, -0.15) is 0 Å². The fourth-order valence-corrected chi connectivity index (χ4v) is 2.65. The molecule has 2 N–H and O–H groups in total. The number of fused-ring (bicyclic) bond motifs is 1. The van der Waals surface area contributed by atoms with E-state index in [9.17, 15) is 0 Å². The van der Waals surface area contributed by atoms with Crippen LogP contribution in [0.1, 0.15) is 24.5 Å². The Kier molecular flexibility index (Phi) is 3.49. The van der Waals surface area contributed by atoms with E-state index in [1.54, 1.807) is 7.11 Å². The average Bonchev–Trinajstić information content (AvgIpc) is 2.36. The Hall–Kier alpha value is -1.02. The zero-order valence-electron chi connectivity index (χ0n) is 10.2. The highest BCUT2D eigenvalue weighted by molar-refractivity contribution is 5.42. The van der Waals surface area contributed by atoms with Crippen molar-refractivity contribution in [3.05, 3.63) is 29.3 Å². The molecule has 2 nitrogen and oxygen atoms in total. The van der Waals surface area contributed by atoms with E-state index in [0.29, 0.717) is 11.8 Å². The maximum Gasteiger partial charge on any atom is 0.122 e. The third kappa shape index (κ3) is 2.07. The molecule has 2 heteroatoms. The molecule has 1 aromatic rings. The fraction of sp³-hybridized carbons (Fsp3) is 0.571. The van der Waals surface area contributed by atoms with Gasteiger partial charge in [0.15, 0.2) is 0 Å². The first-order valence-electron chi connectivity index (χ1n) is 6.11. The lowest BCUT2D eigenvalue weighted by Crippen LogP contribution is -2.26. The lowest BCUT2D eigenvalue weighted by Gasteiger charge is -2.29. The van der Waals surface area contributed by atoms with E-state index in [-0.39, 0.29) is 0 Å². The highest BCUT2D eigenvalue weighted by Gasteiger charge is 2.24. The Morgan fingerprint density at radius 2 is 2.31 bits per heavy atom. The number of methoxy groups -OCH3 is 1. The van der Waals surface area contributed by atoms with E-state index in [2.05, 4.69) is 25.1 Å². The Morgan fingerprint density at radius 1 is 1.50 bits per heavy atom. The molecule has 0 bridgehead atoms. The van der Waals surface area contributed by atoms with Crippen LogP contribution in [-0.2, 0) is 12.8 Å². The van der Waals surface area contributed by atoms with Crippen molar-refractivity contribution in [3.8, 4) is 5.75 Å². The van der Waals surface area contributed by atoms with E-state index in [1.165, 1.54) is 24.0 Å². The predicted octanol–water partition coefficient (Wildman–Crippen LogP) is 2.39. The second kappa shape index (κ2) is 4.88. The van der Waals surface area contributed by atoms with Crippen LogP contribution in [0, 0.1) is 11.8 Å². The van der Waals surface area contributed by atoms with Gasteiger partial charge in [0.2, 0.25) is 0 Å². The Morgan fingerprint density at radius 3 is 3.00 bits per heavy atom. The summed E-state index contributed by atoms with van der Waals surface area (Å²) < 4.78 is 5.44. The molecule has 2 atom stereocenters. The first-order chi connectivity index (χ1) is 7.76. The molecule has 2 rings (SSSR count). The molecule has 1 aliphatic carbocycles. The van der Waals surface area contributed by atoms with Crippen molar-refractivity contribution in [2.45, 2.75) is 26.2 Å². The smallest absolute Gasteiger partial charge is 0.122 e. The summed E-state index contributed by atoms with van der Waals surface area (Å²) in [5.41, 5.74) is 8.62. The first kappa shape index (κ1) is 11.5. The molecule has 0 aliphatic heterocycles. The SMILES string of the molecule is COc1cccc2c1CC(C(C)CN)CC2. The minimum Gasteiger partial charge on any atom is -0.496 e. The molecule has 0 amide bonds. The molecular formula is C14H21NO. The number of rotatable bonds is 3. The van der Waals surface area contributed by atoms with E-state index in [4.69, 9.17) is 10.5 Å². The van der Waals surface area contributed by atoms with Crippen molar-refractivity contribution in [2.24, 2.45) is 17.6 Å². The molecule has 88 valence electrons. The van der Waals surface area contributed by atoms with Crippen LogP contribution in [0.5, 0.6) is 5.75 Å². The van der Waals surface area contributed by atoms with Crippen LogP contribution in [-0.4, -0.2) is 13.7 Å². The van der Waals surface area contributed by atoms with Gasteiger partial charge in [0.1, 0.15) is 5.75 Å². The van der Waals surface area contributed by atoms with Crippen molar-refractivity contribution < 1.29 is 4.74 Å². The van der Waals surface area contributed by atoms with E-state index in [0.717, 1.165) is 18.7 Å². The quantitative estimate of drug-likeness (QED) is 0.847. The summed E-state index contributed by atoms with van der Waals surface area (Å²) in [4.78, 5) is 0. The molecule has 0 fully saturated rings. The number of hydrogen-bond acceptors (Lipinski definition) is 2. The maximum absolute atomic E-state index is 5.76.